The fourth-order valence-corrected chi connectivity index (χ4v) is 9.51. The van der Waals surface area contributed by atoms with E-state index in [0.29, 0.717) is 19.3 Å². The monoisotopic (exact) mass is 1140 g/mol. The molecular weight excluding hydrogens is 1020 g/mol. The molecular formula is C69H116O12. The summed E-state index contributed by atoms with van der Waals surface area (Å²) >= 11 is 0. The third-order valence-electron chi connectivity index (χ3n) is 14.5. The maximum absolute atomic E-state index is 13.2. The van der Waals surface area contributed by atoms with Gasteiger partial charge in [-0.1, -0.05) is 260 Å². The number of aliphatic hydroxyl groups is 2. The Kier molecular flexibility index (Phi) is 52.1. The Bertz CT molecular complexity index is 1730. The molecule has 1 rings (SSSR count). The first kappa shape index (κ1) is 74.9. The highest BCUT2D eigenvalue weighted by Crippen LogP contribution is 2.27. The number of ether oxygens (including phenoxy) is 5. The van der Waals surface area contributed by atoms with Crippen LogP contribution < -0.4 is 0 Å². The summed E-state index contributed by atoms with van der Waals surface area (Å²) in [5.74, 6) is -3.22. The van der Waals surface area contributed by atoms with Crippen molar-refractivity contribution in [3.05, 3.63) is 85.1 Å². The number of unbranched alkanes of at least 4 members (excludes halogenated alkanes) is 27. The minimum atomic E-state index is -1.92. The molecule has 1 saturated heterocycles. The zero-order chi connectivity index (χ0) is 58.9. The second kappa shape index (κ2) is 56.4. The molecule has 0 aromatic heterocycles. The van der Waals surface area contributed by atoms with Gasteiger partial charge in [0.05, 0.1) is 6.61 Å². The van der Waals surface area contributed by atoms with Crippen LogP contribution in [0.2, 0.25) is 0 Å². The zero-order valence-corrected chi connectivity index (χ0v) is 51.3. The van der Waals surface area contributed by atoms with Crippen molar-refractivity contribution in [1.29, 1.82) is 0 Å². The van der Waals surface area contributed by atoms with Crippen LogP contribution in [-0.4, -0.2) is 89.2 Å². The first-order valence-corrected chi connectivity index (χ1v) is 32.6. The summed E-state index contributed by atoms with van der Waals surface area (Å²) in [5.41, 5.74) is 0. The Hall–Kier alpha value is -4.10. The summed E-state index contributed by atoms with van der Waals surface area (Å²) in [4.78, 5) is 51.3. The Morgan fingerprint density at radius 2 is 0.802 bits per heavy atom. The predicted molar refractivity (Wildman–Crippen MR) is 331 cm³/mol. The fourth-order valence-electron chi connectivity index (χ4n) is 9.51. The molecule has 81 heavy (non-hydrogen) atoms. The molecule has 12 nitrogen and oxygen atoms in total. The minimum Gasteiger partial charge on any atom is -0.479 e. The molecule has 464 valence electrons. The van der Waals surface area contributed by atoms with Gasteiger partial charge in [0.2, 0.25) is 0 Å². The Balaban J connectivity index is 2.70. The van der Waals surface area contributed by atoms with Gasteiger partial charge in [0.15, 0.2) is 24.6 Å². The molecule has 0 bridgehead atoms. The van der Waals surface area contributed by atoms with Crippen LogP contribution in [0.4, 0.5) is 0 Å². The lowest BCUT2D eigenvalue weighted by molar-refractivity contribution is -0.301. The van der Waals surface area contributed by atoms with E-state index < -0.39 is 67.3 Å². The smallest absolute Gasteiger partial charge is 0.335 e. The number of aliphatic carboxylic acids is 1. The van der Waals surface area contributed by atoms with E-state index in [4.69, 9.17) is 23.7 Å². The summed E-state index contributed by atoms with van der Waals surface area (Å²) in [6.45, 7) is 5.84. The van der Waals surface area contributed by atoms with Crippen molar-refractivity contribution in [2.45, 2.75) is 314 Å². The molecule has 1 fully saturated rings. The number of carboxylic acid groups (broad SMARTS) is 1. The summed E-state index contributed by atoms with van der Waals surface area (Å²) < 4.78 is 28.4. The van der Waals surface area contributed by atoms with Crippen molar-refractivity contribution in [3.63, 3.8) is 0 Å². The van der Waals surface area contributed by atoms with Crippen LogP contribution in [-0.2, 0) is 42.9 Å². The standard InChI is InChI=1S/C69H116O12/c1-4-7-10-13-16-19-22-25-28-30-31-33-35-37-40-43-46-49-52-55-61(70)77-58-60(79-62(71)56-53-50-47-44-41-38-34-27-24-21-18-15-12-9-6-3)59-78-69-67(65(74)64(73)66(81-69)68(75)76)80-63(72)57-54-51-48-45-42-39-36-32-29-26-23-20-17-14-11-8-5-2/h7,10,16,19,25-26,28-29,31,33,37,40,46,49,60,64-67,69,73-74H,4-6,8-9,11-15,17-18,20-24,27,30,32,34-36,38-39,41-45,47-48,50-59H2,1-3H3,(H,75,76)/b10-7-,19-16-,28-25-,29-26-,33-31-,40-37-,49-46-. The highest BCUT2D eigenvalue weighted by atomic mass is 16.7. The second-order valence-corrected chi connectivity index (χ2v) is 22.0. The van der Waals surface area contributed by atoms with E-state index in [2.05, 4.69) is 93.7 Å². The average molecular weight is 1140 g/mol. The predicted octanol–water partition coefficient (Wildman–Crippen LogP) is 17.5. The first-order valence-electron chi connectivity index (χ1n) is 32.6. The molecule has 0 spiro atoms. The van der Waals surface area contributed by atoms with Gasteiger partial charge in [-0.15, -0.1) is 0 Å². The molecule has 3 N–H and O–H groups in total. The van der Waals surface area contributed by atoms with Crippen LogP contribution in [0.5, 0.6) is 0 Å². The molecule has 0 aromatic carbocycles. The summed E-state index contributed by atoms with van der Waals surface area (Å²) in [6, 6.07) is 0. The van der Waals surface area contributed by atoms with Gasteiger partial charge in [-0.3, -0.25) is 14.4 Å². The average Bonchev–Trinajstić information content (AvgIpc) is 3.53. The van der Waals surface area contributed by atoms with Crippen LogP contribution in [0, 0.1) is 0 Å². The fraction of sp³-hybridized carbons (Fsp3) is 0.739. The molecule has 0 aliphatic carbocycles. The van der Waals surface area contributed by atoms with Gasteiger partial charge in [0.1, 0.15) is 18.8 Å². The summed E-state index contributed by atoms with van der Waals surface area (Å²) in [6.07, 6.45) is 61.2. The molecule has 6 unspecified atom stereocenters. The number of rotatable bonds is 55. The zero-order valence-electron chi connectivity index (χ0n) is 51.3. The Labute approximate surface area is 492 Å². The van der Waals surface area contributed by atoms with Crippen molar-refractivity contribution in [3.8, 4) is 0 Å². The Morgan fingerprint density at radius 3 is 1.23 bits per heavy atom. The van der Waals surface area contributed by atoms with E-state index in [1.54, 1.807) is 0 Å². The van der Waals surface area contributed by atoms with E-state index in [0.717, 1.165) is 96.3 Å². The number of hydrogen-bond donors (Lipinski definition) is 3. The van der Waals surface area contributed by atoms with Gasteiger partial charge in [0, 0.05) is 19.3 Å². The third kappa shape index (κ3) is 46.0. The van der Waals surface area contributed by atoms with Crippen molar-refractivity contribution >= 4 is 23.9 Å². The maximum atomic E-state index is 13.2. The van der Waals surface area contributed by atoms with Crippen LogP contribution in [0.15, 0.2) is 85.1 Å². The van der Waals surface area contributed by atoms with Gasteiger partial charge in [-0.2, -0.15) is 0 Å². The molecule has 1 heterocycles. The highest BCUT2D eigenvalue weighted by molar-refractivity contribution is 5.74. The van der Waals surface area contributed by atoms with Crippen molar-refractivity contribution < 1.29 is 58.2 Å². The largest absolute Gasteiger partial charge is 0.479 e. The quantitative estimate of drug-likeness (QED) is 0.0228. The molecule has 0 amide bonds. The van der Waals surface area contributed by atoms with Crippen LogP contribution in [0.3, 0.4) is 0 Å². The lowest BCUT2D eigenvalue weighted by Gasteiger charge is -2.40. The molecule has 1 aliphatic rings. The van der Waals surface area contributed by atoms with E-state index in [9.17, 15) is 34.5 Å². The minimum absolute atomic E-state index is 0.0475. The van der Waals surface area contributed by atoms with Gasteiger partial charge < -0.3 is 39.0 Å². The highest BCUT2D eigenvalue weighted by Gasteiger charge is 2.50. The summed E-state index contributed by atoms with van der Waals surface area (Å²) in [5, 5.41) is 31.6. The summed E-state index contributed by atoms with van der Waals surface area (Å²) in [7, 11) is 0. The van der Waals surface area contributed by atoms with Crippen LogP contribution in [0.25, 0.3) is 0 Å². The normalized spacial score (nSPS) is 18.3. The molecule has 0 aromatic rings. The van der Waals surface area contributed by atoms with Crippen molar-refractivity contribution in [1.82, 2.24) is 0 Å². The number of carboxylic acids is 1. The van der Waals surface area contributed by atoms with Gasteiger partial charge >= 0.3 is 23.9 Å². The van der Waals surface area contributed by atoms with Crippen molar-refractivity contribution in [2.75, 3.05) is 13.2 Å². The molecule has 0 saturated carbocycles. The van der Waals surface area contributed by atoms with E-state index in [1.807, 2.05) is 12.2 Å². The van der Waals surface area contributed by atoms with Crippen molar-refractivity contribution in [2.24, 2.45) is 0 Å². The van der Waals surface area contributed by atoms with E-state index >= 15 is 0 Å². The van der Waals surface area contributed by atoms with E-state index in [-0.39, 0.29) is 25.9 Å². The van der Waals surface area contributed by atoms with Gasteiger partial charge in [-0.25, -0.2) is 4.79 Å². The second-order valence-electron chi connectivity index (χ2n) is 22.0. The number of carbonyl (C=O) groups excluding carboxylic acids is 3. The Morgan fingerprint density at radius 1 is 0.420 bits per heavy atom. The molecule has 6 atom stereocenters. The number of carbonyl (C=O) groups is 4. The topological polar surface area (TPSA) is 175 Å². The van der Waals surface area contributed by atoms with Crippen LogP contribution >= 0.6 is 0 Å². The number of hydrogen-bond acceptors (Lipinski definition) is 11. The van der Waals surface area contributed by atoms with Gasteiger partial charge in [-0.05, 0) is 83.5 Å². The maximum Gasteiger partial charge on any atom is 0.335 e. The third-order valence-corrected chi connectivity index (χ3v) is 14.5. The number of esters is 3. The first-order chi connectivity index (χ1) is 39.6. The number of allylic oxidation sites excluding steroid dienone is 14. The van der Waals surface area contributed by atoms with Gasteiger partial charge in [0.25, 0.3) is 0 Å². The lowest BCUT2D eigenvalue weighted by atomic mass is 9.98. The SMILES string of the molecule is CC/C=C\C/C=C\C/C=C\C/C=C\C/C=C\C/C=C\CCC(=O)OCC(COC1OC(C(=O)O)C(O)C(O)C1OC(=O)CCCCCCCCC/C=C\CCCCCCCC)OC(=O)CCCCCCCCCCCCCCCCC. The van der Waals surface area contributed by atoms with Crippen LogP contribution in [0.1, 0.15) is 278 Å². The van der Waals surface area contributed by atoms with E-state index in [1.165, 1.54) is 122 Å². The lowest BCUT2D eigenvalue weighted by Crippen LogP contribution is -2.61. The molecule has 12 heteroatoms. The number of aliphatic hydroxyl groups excluding tert-OH is 2. The molecule has 1 aliphatic heterocycles. The molecule has 0 radical (unpaired) electrons.